The Morgan fingerprint density at radius 2 is 1.97 bits per heavy atom. The van der Waals surface area contributed by atoms with Crippen molar-refractivity contribution in [1.82, 2.24) is 15.3 Å². The number of halogens is 1. The Balaban J connectivity index is 1.53. The van der Waals surface area contributed by atoms with Crippen molar-refractivity contribution in [2.24, 2.45) is 0 Å². The minimum atomic E-state index is -0.510. The van der Waals surface area contributed by atoms with Gasteiger partial charge in [0, 0.05) is 35.5 Å². The zero-order valence-electron chi connectivity index (χ0n) is 21.3. The lowest BCUT2D eigenvalue weighted by Crippen LogP contribution is -2.34. The number of H-pyrrole nitrogens is 1. The summed E-state index contributed by atoms with van der Waals surface area (Å²) in [6.07, 6.45) is 8.03. The molecule has 2 aliphatic heterocycles. The Hall–Kier alpha value is -4.79. The Labute approximate surface area is 224 Å². The first-order valence-corrected chi connectivity index (χ1v) is 12.7. The Morgan fingerprint density at radius 1 is 1.08 bits per heavy atom. The topological polar surface area (TPSA) is 97.5 Å². The third-order valence-electron chi connectivity index (χ3n) is 6.94. The van der Waals surface area contributed by atoms with Crippen LogP contribution >= 0.6 is 0 Å². The molecule has 2 aromatic heterocycles. The minimum Gasteiger partial charge on any atom is -0.492 e. The van der Waals surface area contributed by atoms with Gasteiger partial charge in [0.2, 0.25) is 0 Å². The van der Waals surface area contributed by atoms with Crippen LogP contribution in [0.4, 0.5) is 15.8 Å². The molecule has 2 aliphatic rings. The van der Waals surface area contributed by atoms with Crippen molar-refractivity contribution < 1.29 is 23.4 Å². The number of carbonyl (C=O) groups excluding carboxylic acids is 1. The average Bonchev–Trinajstić information content (AvgIpc) is 3.33. The maximum atomic E-state index is 14.6. The molecule has 2 aromatic carbocycles. The first kappa shape index (κ1) is 24.5. The normalized spacial score (nSPS) is 17.2. The van der Waals surface area contributed by atoms with Crippen LogP contribution in [0.1, 0.15) is 34.0 Å². The van der Waals surface area contributed by atoms with Crippen LogP contribution in [0.5, 0.6) is 17.2 Å². The van der Waals surface area contributed by atoms with Crippen molar-refractivity contribution in [3.8, 4) is 28.5 Å². The smallest absolute Gasteiger partial charge is 0.255 e. The van der Waals surface area contributed by atoms with E-state index in [2.05, 4.69) is 26.7 Å². The highest BCUT2D eigenvalue weighted by molar-refractivity contribution is 6.07. The van der Waals surface area contributed by atoms with Crippen LogP contribution in [-0.2, 0) is 6.61 Å². The largest absolute Gasteiger partial charge is 0.492 e. The molecule has 4 aromatic rings. The highest BCUT2D eigenvalue weighted by Gasteiger charge is 2.33. The van der Waals surface area contributed by atoms with Gasteiger partial charge in [-0.1, -0.05) is 36.4 Å². The van der Waals surface area contributed by atoms with Crippen molar-refractivity contribution in [1.29, 1.82) is 0 Å². The van der Waals surface area contributed by atoms with E-state index < -0.39 is 5.82 Å². The number of anilines is 2. The van der Waals surface area contributed by atoms with E-state index >= 15 is 0 Å². The fourth-order valence-electron chi connectivity index (χ4n) is 5.03. The standard InChI is InChI=1S/C30H27FN4O4/c1-37-29-21(31)9-6-10-22(29)34-28-25-26-18(15-33-30(25)36)7-4-5-14-38-23-11-3-2-8-19(23)17-39-24-16-32-13-12-20(24)27(28)35-26/h2-6,8-13,16,18,34-35H,7,14-15,17H2,1H3,(H,33,36)/b5-4+. The number of hydrogen-bond acceptors (Lipinski definition) is 6. The molecule has 9 heteroatoms. The molecular weight excluding hydrogens is 499 g/mol. The van der Waals surface area contributed by atoms with Crippen LogP contribution in [0.25, 0.3) is 11.3 Å². The number of pyridine rings is 1. The molecule has 6 rings (SSSR count). The average molecular weight is 527 g/mol. The molecule has 1 atom stereocenters. The van der Waals surface area contributed by atoms with Crippen molar-refractivity contribution in [3.05, 3.63) is 95.7 Å². The van der Waals surface area contributed by atoms with E-state index in [0.29, 0.717) is 53.5 Å². The maximum absolute atomic E-state index is 14.6. The van der Waals surface area contributed by atoms with Crippen LogP contribution < -0.4 is 24.8 Å². The number of aromatic amines is 1. The van der Waals surface area contributed by atoms with Gasteiger partial charge in [-0.2, -0.15) is 0 Å². The fraction of sp³-hybridized carbons (Fsp3) is 0.200. The summed E-state index contributed by atoms with van der Waals surface area (Å²) >= 11 is 0. The molecule has 198 valence electrons. The second-order valence-corrected chi connectivity index (χ2v) is 9.30. The molecule has 8 nitrogen and oxygen atoms in total. The number of hydrogen-bond donors (Lipinski definition) is 3. The predicted molar refractivity (Wildman–Crippen MR) is 145 cm³/mol. The van der Waals surface area contributed by atoms with Gasteiger partial charge >= 0.3 is 0 Å². The second kappa shape index (κ2) is 10.5. The second-order valence-electron chi connectivity index (χ2n) is 9.30. The Kier molecular flexibility index (Phi) is 6.62. The lowest BCUT2D eigenvalue weighted by Gasteiger charge is -2.23. The van der Waals surface area contributed by atoms with Crippen LogP contribution in [-0.4, -0.2) is 36.1 Å². The van der Waals surface area contributed by atoms with Gasteiger partial charge in [-0.05, 0) is 30.7 Å². The fourth-order valence-corrected chi connectivity index (χ4v) is 5.03. The molecule has 1 amide bonds. The molecule has 0 radical (unpaired) electrons. The van der Waals surface area contributed by atoms with Gasteiger partial charge in [0.1, 0.15) is 24.7 Å². The van der Waals surface area contributed by atoms with Gasteiger partial charge in [-0.25, -0.2) is 4.39 Å². The quantitative estimate of drug-likeness (QED) is 0.296. The molecule has 3 N–H and O–H groups in total. The van der Waals surface area contributed by atoms with Crippen LogP contribution in [0.15, 0.2) is 73.1 Å². The molecule has 0 aliphatic carbocycles. The van der Waals surface area contributed by atoms with Gasteiger partial charge in [-0.15, -0.1) is 0 Å². The molecular formula is C30H27FN4O4. The third-order valence-corrected chi connectivity index (χ3v) is 6.94. The predicted octanol–water partition coefficient (Wildman–Crippen LogP) is 5.71. The monoisotopic (exact) mass is 526 g/mol. The highest BCUT2D eigenvalue weighted by Crippen LogP contribution is 2.44. The molecule has 1 unspecified atom stereocenters. The number of allylic oxidation sites excluding steroid dienone is 1. The van der Waals surface area contributed by atoms with Crippen LogP contribution in [0.2, 0.25) is 0 Å². The Bertz CT molecular complexity index is 1560. The number of rotatable bonds is 3. The van der Waals surface area contributed by atoms with E-state index in [1.165, 1.54) is 13.2 Å². The first-order valence-electron chi connectivity index (χ1n) is 12.7. The summed E-state index contributed by atoms with van der Waals surface area (Å²) in [6.45, 7) is 1.13. The van der Waals surface area contributed by atoms with Crippen molar-refractivity contribution >= 4 is 17.3 Å². The number of benzene rings is 2. The number of carbonyl (C=O) groups is 1. The van der Waals surface area contributed by atoms with E-state index in [4.69, 9.17) is 14.2 Å². The number of amides is 1. The van der Waals surface area contributed by atoms with Crippen LogP contribution in [0.3, 0.4) is 0 Å². The van der Waals surface area contributed by atoms with E-state index in [9.17, 15) is 9.18 Å². The minimum absolute atomic E-state index is 0.0127. The SMILES string of the molecule is COc1c(F)cccc1Nc1c2[nH]c3c1C(=O)NCC3C/C=C/COc1ccccc1COc1cnccc1-2. The number of fused-ring (bicyclic) bond motifs is 4. The highest BCUT2D eigenvalue weighted by atomic mass is 19.1. The zero-order chi connectivity index (χ0) is 26.8. The Morgan fingerprint density at radius 3 is 2.87 bits per heavy atom. The van der Waals surface area contributed by atoms with Gasteiger partial charge in [0.25, 0.3) is 5.91 Å². The number of aromatic nitrogens is 2. The lowest BCUT2D eigenvalue weighted by atomic mass is 9.93. The van der Waals surface area contributed by atoms with E-state index in [1.807, 2.05) is 36.4 Å². The molecule has 0 fully saturated rings. The van der Waals surface area contributed by atoms with E-state index in [0.717, 1.165) is 17.0 Å². The molecule has 2 bridgehead atoms. The zero-order valence-corrected chi connectivity index (χ0v) is 21.3. The van der Waals surface area contributed by atoms with Gasteiger partial charge < -0.3 is 29.8 Å². The van der Waals surface area contributed by atoms with Crippen molar-refractivity contribution in [2.75, 3.05) is 25.6 Å². The number of nitrogens with zero attached hydrogens (tertiary/aromatic N) is 1. The maximum Gasteiger partial charge on any atom is 0.255 e. The summed E-state index contributed by atoms with van der Waals surface area (Å²) in [4.78, 5) is 21.1. The van der Waals surface area contributed by atoms with Gasteiger partial charge in [-0.3, -0.25) is 9.78 Å². The van der Waals surface area contributed by atoms with Gasteiger partial charge in [0.05, 0.1) is 35.9 Å². The molecule has 0 saturated heterocycles. The first-order chi connectivity index (χ1) is 19.1. The van der Waals surface area contributed by atoms with Crippen LogP contribution in [0, 0.1) is 5.82 Å². The summed E-state index contributed by atoms with van der Waals surface area (Å²) in [5.74, 6) is 0.576. The number of para-hydroxylation sites is 2. The number of nitrogens with one attached hydrogen (secondary N) is 3. The van der Waals surface area contributed by atoms with E-state index in [1.54, 1.807) is 24.5 Å². The summed E-state index contributed by atoms with van der Waals surface area (Å²) in [5, 5.41) is 6.31. The third kappa shape index (κ3) is 4.67. The summed E-state index contributed by atoms with van der Waals surface area (Å²) in [6, 6.07) is 14.2. The van der Waals surface area contributed by atoms with Crippen molar-refractivity contribution in [2.45, 2.75) is 18.9 Å². The van der Waals surface area contributed by atoms with Gasteiger partial charge in [0.15, 0.2) is 11.6 Å². The molecule has 0 spiro atoms. The molecule has 0 saturated carbocycles. The number of methoxy groups -OCH3 is 1. The number of ether oxygens (including phenoxy) is 3. The summed E-state index contributed by atoms with van der Waals surface area (Å²) in [5.41, 5.74) is 4.39. The van der Waals surface area contributed by atoms with Crippen molar-refractivity contribution in [3.63, 3.8) is 0 Å². The van der Waals surface area contributed by atoms with E-state index in [-0.39, 0.29) is 24.2 Å². The summed E-state index contributed by atoms with van der Waals surface area (Å²) in [7, 11) is 1.41. The summed E-state index contributed by atoms with van der Waals surface area (Å²) < 4.78 is 32.2. The lowest BCUT2D eigenvalue weighted by molar-refractivity contribution is 0.0941. The molecule has 4 heterocycles. The molecule has 39 heavy (non-hydrogen) atoms.